The van der Waals surface area contributed by atoms with Crippen molar-refractivity contribution >= 4 is 21.7 Å². The first-order valence-corrected chi connectivity index (χ1v) is 7.96. The quantitative estimate of drug-likeness (QED) is 0.879. The first kappa shape index (κ1) is 15.2. The number of aromatic nitrogens is 3. The number of halogens is 1. The summed E-state index contributed by atoms with van der Waals surface area (Å²) >= 11 is 3.46. The van der Waals surface area contributed by atoms with Crippen molar-refractivity contribution in [1.82, 2.24) is 19.9 Å². The van der Waals surface area contributed by atoms with Gasteiger partial charge in [-0.15, -0.1) is 0 Å². The van der Waals surface area contributed by atoms with Crippen LogP contribution in [-0.4, -0.2) is 46.1 Å². The zero-order valence-corrected chi connectivity index (χ0v) is 14.0. The van der Waals surface area contributed by atoms with Gasteiger partial charge < -0.3 is 10.1 Å². The first-order valence-electron chi connectivity index (χ1n) is 7.17. The van der Waals surface area contributed by atoms with Crippen molar-refractivity contribution in [2.75, 3.05) is 25.5 Å². The summed E-state index contributed by atoms with van der Waals surface area (Å²) in [6.45, 7) is 2.96. The van der Waals surface area contributed by atoms with Crippen LogP contribution in [-0.2, 0) is 6.54 Å². The van der Waals surface area contributed by atoms with Crippen LogP contribution in [0.1, 0.15) is 12.0 Å². The fourth-order valence-electron chi connectivity index (χ4n) is 2.63. The molecule has 3 rings (SSSR count). The average Bonchev–Trinajstić information content (AvgIpc) is 2.94. The molecule has 0 bridgehead atoms. The molecule has 116 valence electrons. The van der Waals surface area contributed by atoms with Crippen LogP contribution in [0.3, 0.4) is 0 Å². The molecule has 1 aliphatic heterocycles. The predicted octanol–water partition coefficient (Wildman–Crippen LogP) is 2.33. The lowest BCUT2D eigenvalue weighted by atomic mass is 10.2. The number of nitrogens with one attached hydrogen (secondary N) is 1. The van der Waals surface area contributed by atoms with Crippen molar-refractivity contribution in [3.8, 4) is 5.88 Å². The Morgan fingerprint density at radius 1 is 1.36 bits per heavy atom. The second-order valence-corrected chi connectivity index (χ2v) is 6.24. The van der Waals surface area contributed by atoms with Crippen LogP contribution < -0.4 is 10.1 Å². The van der Waals surface area contributed by atoms with Gasteiger partial charge in [0.25, 0.3) is 0 Å². The number of likely N-dealkylation sites (tertiary alicyclic amines) is 1. The average molecular weight is 364 g/mol. The number of ether oxygens (including phenoxy) is 1. The molecule has 1 N–H and O–H groups in total. The molecule has 1 fully saturated rings. The van der Waals surface area contributed by atoms with Gasteiger partial charge >= 0.3 is 0 Å². The van der Waals surface area contributed by atoms with Crippen molar-refractivity contribution in [2.24, 2.45) is 0 Å². The van der Waals surface area contributed by atoms with Gasteiger partial charge in [-0.05, 0) is 34.0 Å². The number of methoxy groups -OCH3 is 1. The highest BCUT2D eigenvalue weighted by Crippen LogP contribution is 2.19. The summed E-state index contributed by atoms with van der Waals surface area (Å²) < 4.78 is 6.14. The van der Waals surface area contributed by atoms with Crippen LogP contribution in [0.4, 0.5) is 5.82 Å². The van der Waals surface area contributed by atoms with E-state index < -0.39 is 0 Å². The zero-order valence-electron chi connectivity index (χ0n) is 12.4. The third kappa shape index (κ3) is 3.92. The third-order valence-electron chi connectivity index (χ3n) is 3.64. The van der Waals surface area contributed by atoms with Crippen molar-refractivity contribution in [3.05, 3.63) is 40.9 Å². The summed E-state index contributed by atoms with van der Waals surface area (Å²) in [7, 11) is 1.61. The molecule has 7 heteroatoms. The molecule has 1 unspecified atom stereocenters. The van der Waals surface area contributed by atoms with Crippen molar-refractivity contribution in [2.45, 2.75) is 19.0 Å². The van der Waals surface area contributed by atoms with Crippen LogP contribution in [0, 0.1) is 0 Å². The molecular formula is C15H18BrN5O. The monoisotopic (exact) mass is 363 g/mol. The Labute approximate surface area is 138 Å². The molecule has 0 spiro atoms. The zero-order chi connectivity index (χ0) is 15.4. The molecule has 3 heterocycles. The van der Waals surface area contributed by atoms with E-state index in [9.17, 15) is 0 Å². The van der Waals surface area contributed by atoms with Crippen LogP contribution in [0.25, 0.3) is 0 Å². The molecule has 0 amide bonds. The molecule has 0 aromatic carbocycles. The Morgan fingerprint density at radius 2 is 2.27 bits per heavy atom. The molecule has 0 aliphatic carbocycles. The third-order valence-corrected chi connectivity index (χ3v) is 4.08. The van der Waals surface area contributed by atoms with Gasteiger partial charge in [0.15, 0.2) is 0 Å². The van der Waals surface area contributed by atoms with Gasteiger partial charge in [-0.1, -0.05) is 0 Å². The van der Waals surface area contributed by atoms with Gasteiger partial charge in [0, 0.05) is 48.6 Å². The minimum absolute atomic E-state index is 0.389. The number of nitrogens with zero attached hydrogens (tertiary/aromatic N) is 4. The van der Waals surface area contributed by atoms with E-state index in [0.717, 1.165) is 36.3 Å². The van der Waals surface area contributed by atoms with Crippen molar-refractivity contribution in [1.29, 1.82) is 0 Å². The molecular weight excluding hydrogens is 346 g/mol. The van der Waals surface area contributed by atoms with E-state index in [0.29, 0.717) is 11.9 Å². The minimum Gasteiger partial charge on any atom is -0.481 e. The van der Waals surface area contributed by atoms with E-state index in [1.807, 2.05) is 12.3 Å². The smallest absolute Gasteiger partial charge is 0.218 e. The van der Waals surface area contributed by atoms with Crippen LogP contribution >= 0.6 is 15.9 Å². The second kappa shape index (κ2) is 7.02. The molecule has 22 heavy (non-hydrogen) atoms. The molecule has 1 aliphatic rings. The Kier molecular flexibility index (Phi) is 4.84. The highest BCUT2D eigenvalue weighted by Gasteiger charge is 2.22. The fourth-order valence-corrected chi connectivity index (χ4v) is 3.05. The second-order valence-electron chi connectivity index (χ2n) is 5.32. The fraction of sp³-hybridized carbons (Fsp3) is 0.400. The summed E-state index contributed by atoms with van der Waals surface area (Å²) in [5.41, 5.74) is 1.22. The lowest BCUT2D eigenvalue weighted by Crippen LogP contribution is -2.26. The molecule has 1 atom stereocenters. The van der Waals surface area contributed by atoms with Crippen LogP contribution in [0.2, 0.25) is 0 Å². The number of hydrogen-bond donors (Lipinski definition) is 1. The standard InChI is InChI=1S/C15H18BrN5O/c1-22-15-5-14(18-10-19-15)20-13-2-3-21(9-13)8-11-4-12(16)7-17-6-11/h4-7,10,13H,2-3,8-9H2,1H3,(H,18,19,20). The molecule has 0 saturated carbocycles. The number of anilines is 1. The Bertz CT molecular complexity index is 639. The largest absolute Gasteiger partial charge is 0.481 e. The molecule has 2 aromatic rings. The van der Waals surface area contributed by atoms with Gasteiger partial charge in [0.2, 0.25) is 5.88 Å². The van der Waals surface area contributed by atoms with Gasteiger partial charge in [-0.25, -0.2) is 9.97 Å². The summed E-state index contributed by atoms with van der Waals surface area (Å²) in [4.78, 5) is 14.9. The molecule has 6 nitrogen and oxygen atoms in total. The lowest BCUT2D eigenvalue weighted by Gasteiger charge is -2.17. The summed E-state index contributed by atoms with van der Waals surface area (Å²) in [5.74, 6) is 1.38. The Morgan fingerprint density at radius 3 is 3.09 bits per heavy atom. The molecule has 0 radical (unpaired) electrons. The van der Waals surface area contributed by atoms with E-state index in [4.69, 9.17) is 4.74 Å². The van der Waals surface area contributed by atoms with Crippen molar-refractivity contribution < 1.29 is 4.74 Å². The molecule has 1 saturated heterocycles. The predicted molar refractivity (Wildman–Crippen MR) is 87.8 cm³/mol. The SMILES string of the molecule is COc1cc(NC2CCN(Cc3cncc(Br)c3)C2)ncn1. The van der Waals surface area contributed by atoms with E-state index in [1.165, 1.54) is 11.9 Å². The normalized spacial score (nSPS) is 18.4. The van der Waals surface area contributed by atoms with Gasteiger partial charge in [-0.3, -0.25) is 9.88 Å². The van der Waals surface area contributed by atoms with Crippen molar-refractivity contribution in [3.63, 3.8) is 0 Å². The highest BCUT2D eigenvalue weighted by molar-refractivity contribution is 9.10. The summed E-state index contributed by atoms with van der Waals surface area (Å²) in [6.07, 6.45) is 6.33. The van der Waals surface area contributed by atoms with Gasteiger partial charge in [0.1, 0.15) is 12.1 Å². The highest BCUT2D eigenvalue weighted by atomic mass is 79.9. The number of pyridine rings is 1. The van der Waals surface area contributed by atoms with Gasteiger partial charge in [0.05, 0.1) is 7.11 Å². The topological polar surface area (TPSA) is 63.2 Å². The van der Waals surface area contributed by atoms with Gasteiger partial charge in [-0.2, -0.15) is 0 Å². The molecule has 2 aromatic heterocycles. The summed E-state index contributed by atoms with van der Waals surface area (Å²) in [6, 6.07) is 4.32. The first-order chi connectivity index (χ1) is 10.7. The number of rotatable bonds is 5. The summed E-state index contributed by atoms with van der Waals surface area (Å²) in [5, 5.41) is 3.45. The number of hydrogen-bond acceptors (Lipinski definition) is 6. The maximum Gasteiger partial charge on any atom is 0.218 e. The maximum absolute atomic E-state index is 5.12. The van der Waals surface area contributed by atoms with Crippen LogP contribution in [0.5, 0.6) is 5.88 Å². The Hall–Kier alpha value is -1.73. The minimum atomic E-state index is 0.389. The lowest BCUT2D eigenvalue weighted by molar-refractivity contribution is 0.328. The van der Waals surface area contributed by atoms with Crippen LogP contribution in [0.15, 0.2) is 35.3 Å². The Balaban J connectivity index is 1.55. The van der Waals surface area contributed by atoms with E-state index in [-0.39, 0.29) is 0 Å². The van der Waals surface area contributed by atoms with E-state index in [1.54, 1.807) is 13.3 Å². The maximum atomic E-state index is 5.12. The van der Waals surface area contributed by atoms with E-state index in [2.05, 4.69) is 47.2 Å². The van der Waals surface area contributed by atoms with E-state index >= 15 is 0 Å².